The Kier molecular flexibility index (Phi) is 5.23. The Morgan fingerprint density at radius 2 is 1.90 bits per heavy atom. The first-order valence-corrected chi connectivity index (χ1v) is 7.35. The molecule has 1 aliphatic carbocycles. The first-order chi connectivity index (χ1) is 9.60. The molecule has 20 heavy (non-hydrogen) atoms. The summed E-state index contributed by atoms with van der Waals surface area (Å²) in [6, 6.07) is 0.121. The largest absolute Gasteiger partial charge is 0.453 e. The van der Waals surface area contributed by atoms with Crippen molar-refractivity contribution in [2.75, 3.05) is 26.8 Å². The quantitative estimate of drug-likeness (QED) is 0.822. The monoisotopic (exact) mass is 284 g/mol. The van der Waals surface area contributed by atoms with Gasteiger partial charge in [0.15, 0.2) is 0 Å². The van der Waals surface area contributed by atoms with Crippen LogP contribution in [0.15, 0.2) is 0 Å². The molecule has 2 fully saturated rings. The zero-order chi connectivity index (χ0) is 14.5. The zero-order valence-corrected chi connectivity index (χ0v) is 12.3. The lowest BCUT2D eigenvalue weighted by Gasteiger charge is -2.31. The van der Waals surface area contributed by atoms with Crippen molar-refractivity contribution in [1.82, 2.24) is 10.2 Å². The van der Waals surface area contributed by atoms with Crippen LogP contribution in [-0.2, 0) is 14.3 Å². The predicted molar refractivity (Wildman–Crippen MR) is 73.3 cm³/mol. The molecule has 1 unspecified atom stereocenters. The fourth-order valence-electron chi connectivity index (χ4n) is 2.29. The number of methoxy groups -OCH3 is 1. The normalized spacial score (nSPS) is 21.4. The van der Waals surface area contributed by atoms with Crippen molar-refractivity contribution in [2.45, 2.75) is 44.8 Å². The maximum absolute atomic E-state index is 12.0. The summed E-state index contributed by atoms with van der Waals surface area (Å²) >= 11 is 0. The molecule has 1 saturated carbocycles. The van der Waals surface area contributed by atoms with Gasteiger partial charge in [0.1, 0.15) is 6.10 Å². The molecule has 2 amide bonds. The molecule has 6 nitrogen and oxygen atoms in total. The molecule has 1 atom stereocenters. The van der Waals surface area contributed by atoms with Crippen LogP contribution in [0.1, 0.15) is 32.6 Å². The van der Waals surface area contributed by atoms with Crippen molar-refractivity contribution in [1.29, 1.82) is 0 Å². The minimum atomic E-state index is -0.394. The van der Waals surface area contributed by atoms with E-state index in [9.17, 15) is 9.59 Å². The van der Waals surface area contributed by atoms with Gasteiger partial charge in [-0.25, -0.2) is 4.79 Å². The fourth-order valence-corrected chi connectivity index (χ4v) is 2.29. The van der Waals surface area contributed by atoms with E-state index in [4.69, 9.17) is 4.74 Å². The van der Waals surface area contributed by atoms with Gasteiger partial charge in [-0.1, -0.05) is 0 Å². The second kappa shape index (κ2) is 6.92. The third-order valence-corrected chi connectivity index (χ3v) is 3.92. The molecule has 0 aromatic heterocycles. The lowest BCUT2D eigenvalue weighted by atomic mass is 10.1. The molecule has 0 radical (unpaired) electrons. The number of likely N-dealkylation sites (tertiary alicyclic amines) is 1. The number of ether oxygens (including phenoxy) is 2. The molecule has 1 heterocycles. The molecule has 2 aliphatic rings. The van der Waals surface area contributed by atoms with Crippen LogP contribution in [0.5, 0.6) is 0 Å². The zero-order valence-electron chi connectivity index (χ0n) is 12.3. The minimum Gasteiger partial charge on any atom is -0.453 e. The van der Waals surface area contributed by atoms with Gasteiger partial charge >= 0.3 is 6.09 Å². The van der Waals surface area contributed by atoms with E-state index < -0.39 is 6.10 Å². The topological polar surface area (TPSA) is 67.9 Å². The second-order valence-electron chi connectivity index (χ2n) is 5.66. The third kappa shape index (κ3) is 4.37. The molecule has 0 spiro atoms. The van der Waals surface area contributed by atoms with Crippen LogP contribution < -0.4 is 5.32 Å². The number of hydrogen-bond acceptors (Lipinski definition) is 4. The number of carbonyl (C=O) groups excluding carboxylic acids is 2. The lowest BCUT2D eigenvalue weighted by molar-refractivity contribution is -0.133. The van der Waals surface area contributed by atoms with Crippen LogP contribution in [0.25, 0.3) is 0 Å². The Hall–Kier alpha value is -1.30. The van der Waals surface area contributed by atoms with Crippen molar-refractivity contribution in [3.05, 3.63) is 0 Å². The van der Waals surface area contributed by atoms with Crippen LogP contribution in [-0.4, -0.2) is 55.9 Å². The van der Waals surface area contributed by atoms with Gasteiger partial charge in [0, 0.05) is 19.1 Å². The Morgan fingerprint density at radius 1 is 1.25 bits per heavy atom. The number of hydrogen-bond donors (Lipinski definition) is 1. The number of nitrogens with one attached hydrogen (secondary N) is 1. The van der Waals surface area contributed by atoms with E-state index >= 15 is 0 Å². The summed E-state index contributed by atoms with van der Waals surface area (Å²) in [7, 11) is 1.38. The van der Waals surface area contributed by atoms with Gasteiger partial charge in [-0.05, 0) is 38.5 Å². The van der Waals surface area contributed by atoms with Crippen molar-refractivity contribution >= 4 is 12.0 Å². The Bertz CT molecular complexity index is 349. The van der Waals surface area contributed by atoms with E-state index in [-0.39, 0.29) is 18.0 Å². The van der Waals surface area contributed by atoms with E-state index in [1.807, 2.05) is 0 Å². The van der Waals surface area contributed by atoms with Gasteiger partial charge < -0.3 is 19.7 Å². The molecular weight excluding hydrogens is 260 g/mol. The molecule has 1 saturated heterocycles. The Morgan fingerprint density at radius 3 is 2.45 bits per heavy atom. The van der Waals surface area contributed by atoms with Crippen molar-refractivity contribution in [3.8, 4) is 0 Å². The number of nitrogens with zero attached hydrogens (tertiary/aromatic N) is 1. The molecule has 2 rings (SSSR count). The van der Waals surface area contributed by atoms with Gasteiger partial charge in [-0.15, -0.1) is 0 Å². The summed E-state index contributed by atoms with van der Waals surface area (Å²) in [5, 5.41) is 3.00. The van der Waals surface area contributed by atoms with Gasteiger partial charge in [0.2, 0.25) is 5.91 Å². The molecule has 0 aromatic carbocycles. The summed E-state index contributed by atoms with van der Waals surface area (Å²) in [6.45, 7) is 3.72. The molecular formula is C14H24N2O4. The summed E-state index contributed by atoms with van der Waals surface area (Å²) in [6.07, 6.45) is 3.28. The van der Waals surface area contributed by atoms with Crippen molar-refractivity contribution in [3.63, 3.8) is 0 Å². The van der Waals surface area contributed by atoms with E-state index in [2.05, 4.69) is 10.1 Å². The third-order valence-electron chi connectivity index (χ3n) is 3.92. The van der Waals surface area contributed by atoms with Crippen LogP contribution in [0.3, 0.4) is 0 Å². The first-order valence-electron chi connectivity index (χ1n) is 7.35. The summed E-state index contributed by atoms with van der Waals surface area (Å²) in [5.41, 5.74) is 0. The van der Waals surface area contributed by atoms with Crippen LogP contribution >= 0.6 is 0 Å². The van der Waals surface area contributed by atoms with E-state index in [0.29, 0.717) is 25.6 Å². The van der Waals surface area contributed by atoms with Crippen LogP contribution in [0.4, 0.5) is 4.79 Å². The minimum absolute atomic E-state index is 0.0535. The predicted octanol–water partition coefficient (Wildman–Crippen LogP) is 1.15. The lowest BCUT2D eigenvalue weighted by Crippen LogP contribution is -2.48. The smallest absolute Gasteiger partial charge is 0.409 e. The SMILES string of the molecule is COC(=O)N1CCC(NC(=O)C(C)OCC2CC2)CC1. The van der Waals surface area contributed by atoms with Crippen LogP contribution in [0.2, 0.25) is 0 Å². The highest BCUT2D eigenvalue weighted by Gasteiger charge is 2.27. The highest BCUT2D eigenvalue weighted by atomic mass is 16.5. The van der Waals surface area contributed by atoms with Gasteiger partial charge in [0.05, 0.1) is 13.7 Å². The molecule has 1 N–H and O–H groups in total. The first kappa shape index (κ1) is 15.1. The fraction of sp³-hybridized carbons (Fsp3) is 0.857. The molecule has 6 heteroatoms. The molecule has 1 aliphatic heterocycles. The molecule has 114 valence electrons. The summed E-state index contributed by atoms with van der Waals surface area (Å²) < 4.78 is 10.2. The average molecular weight is 284 g/mol. The molecule has 0 bridgehead atoms. The number of piperidine rings is 1. The summed E-state index contributed by atoms with van der Waals surface area (Å²) in [4.78, 5) is 25.0. The van der Waals surface area contributed by atoms with Crippen molar-refractivity contribution < 1.29 is 19.1 Å². The Balaban J connectivity index is 1.65. The number of amides is 2. The highest BCUT2D eigenvalue weighted by molar-refractivity contribution is 5.80. The van der Waals surface area contributed by atoms with E-state index in [0.717, 1.165) is 12.8 Å². The van der Waals surface area contributed by atoms with Crippen molar-refractivity contribution in [2.24, 2.45) is 5.92 Å². The molecule has 0 aromatic rings. The number of carbonyl (C=O) groups is 2. The van der Waals surface area contributed by atoms with Gasteiger partial charge in [0.25, 0.3) is 0 Å². The maximum Gasteiger partial charge on any atom is 0.409 e. The van der Waals surface area contributed by atoms with Gasteiger partial charge in [-0.2, -0.15) is 0 Å². The van der Waals surface area contributed by atoms with Crippen LogP contribution in [0, 0.1) is 5.92 Å². The maximum atomic E-state index is 12.0. The average Bonchev–Trinajstić information content (AvgIpc) is 3.28. The van der Waals surface area contributed by atoms with E-state index in [1.54, 1.807) is 11.8 Å². The second-order valence-corrected chi connectivity index (χ2v) is 5.66. The van der Waals surface area contributed by atoms with E-state index in [1.165, 1.54) is 20.0 Å². The highest BCUT2D eigenvalue weighted by Crippen LogP contribution is 2.29. The van der Waals surface area contributed by atoms with Gasteiger partial charge in [-0.3, -0.25) is 4.79 Å². The standard InChI is InChI=1S/C14H24N2O4/c1-10(20-9-11-3-4-11)13(17)15-12-5-7-16(8-6-12)14(18)19-2/h10-12H,3-9H2,1-2H3,(H,15,17). The summed E-state index contributed by atoms with van der Waals surface area (Å²) in [5.74, 6) is 0.607. The number of rotatable bonds is 5. The Labute approximate surface area is 119 Å².